The van der Waals surface area contributed by atoms with Crippen molar-refractivity contribution in [3.8, 4) is 0 Å². The number of ether oxygens (including phenoxy) is 1. The lowest BCUT2D eigenvalue weighted by atomic mass is 9.96. The standard InChI is InChI=1S/C13H21N3O/c1-13(2,17-3)8-14-12-10-6-4-5-7-11(10)15-9-16-12/h9H,4-8H2,1-3H3,(H,14,15,16). The van der Waals surface area contributed by atoms with Gasteiger partial charge in [0, 0.05) is 24.9 Å². The predicted octanol–water partition coefficient (Wildman–Crippen LogP) is 2.19. The minimum atomic E-state index is -0.174. The van der Waals surface area contributed by atoms with E-state index in [9.17, 15) is 0 Å². The zero-order valence-corrected chi connectivity index (χ0v) is 10.9. The molecular formula is C13H21N3O. The summed E-state index contributed by atoms with van der Waals surface area (Å²) in [6, 6.07) is 0. The van der Waals surface area contributed by atoms with E-state index < -0.39 is 0 Å². The van der Waals surface area contributed by atoms with Crippen LogP contribution in [0.3, 0.4) is 0 Å². The monoisotopic (exact) mass is 235 g/mol. The zero-order valence-electron chi connectivity index (χ0n) is 10.9. The maximum Gasteiger partial charge on any atom is 0.132 e. The number of rotatable bonds is 4. The van der Waals surface area contributed by atoms with Crippen LogP contribution in [0.4, 0.5) is 5.82 Å². The molecule has 1 N–H and O–H groups in total. The van der Waals surface area contributed by atoms with Gasteiger partial charge in [0.1, 0.15) is 12.1 Å². The fraction of sp³-hybridized carbons (Fsp3) is 0.692. The molecule has 0 aliphatic heterocycles. The maximum atomic E-state index is 5.40. The summed E-state index contributed by atoms with van der Waals surface area (Å²) in [5, 5.41) is 3.39. The summed E-state index contributed by atoms with van der Waals surface area (Å²) in [5.74, 6) is 0.986. The third-order valence-corrected chi connectivity index (χ3v) is 3.36. The highest BCUT2D eigenvalue weighted by Crippen LogP contribution is 2.24. The molecule has 2 rings (SSSR count). The predicted molar refractivity (Wildman–Crippen MR) is 68.3 cm³/mol. The van der Waals surface area contributed by atoms with Crippen molar-refractivity contribution in [1.29, 1.82) is 0 Å². The normalized spacial score (nSPS) is 15.5. The minimum Gasteiger partial charge on any atom is -0.377 e. The summed E-state index contributed by atoms with van der Waals surface area (Å²) in [7, 11) is 1.73. The lowest BCUT2D eigenvalue weighted by molar-refractivity contribution is 0.0343. The van der Waals surface area contributed by atoms with Gasteiger partial charge in [-0.05, 0) is 39.5 Å². The van der Waals surface area contributed by atoms with Gasteiger partial charge < -0.3 is 10.1 Å². The van der Waals surface area contributed by atoms with Crippen LogP contribution in [0.1, 0.15) is 37.9 Å². The Labute approximate surface area is 103 Å². The van der Waals surface area contributed by atoms with E-state index in [2.05, 4.69) is 29.1 Å². The number of nitrogens with one attached hydrogen (secondary N) is 1. The fourth-order valence-electron chi connectivity index (χ4n) is 2.04. The van der Waals surface area contributed by atoms with E-state index in [0.29, 0.717) is 0 Å². The molecule has 1 aromatic heterocycles. The molecule has 94 valence electrons. The van der Waals surface area contributed by atoms with Crippen molar-refractivity contribution in [2.24, 2.45) is 0 Å². The van der Waals surface area contributed by atoms with Gasteiger partial charge in [-0.3, -0.25) is 0 Å². The Morgan fingerprint density at radius 3 is 2.82 bits per heavy atom. The van der Waals surface area contributed by atoms with Gasteiger partial charge in [0.15, 0.2) is 0 Å². The summed E-state index contributed by atoms with van der Waals surface area (Å²) >= 11 is 0. The Kier molecular flexibility index (Phi) is 3.62. The van der Waals surface area contributed by atoms with Crippen LogP contribution in [0.5, 0.6) is 0 Å². The third kappa shape index (κ3) is 2.94. The summed E-state index contributed by atoms with van der Waals surface area (Å²) < 4.78 is 5.40. The molecule has 0 amide bonds. The van der Waals surface area contributed by atoms with E-state index in [-0.39, 0.29) is 5.60 Å². The van der Waals surface area contributed by atoms with Gasteiger partial charge in [0.2, 0.25) is 0 Å². The number of hydrogen-bond donors (Lipinski definition) is 1. The number of hydrogen-bond acceptors (Lipinski definition) is 4. The number of nitrogens with zero attached hydrogens (tertiary/aromatic N) is 2. The molecule has 0 fully saturated rings. The first-order chi connectivity index (χ1) is 8.12. The molecular weight excluding hydrogens is 214 g/mol. The number of aryl methyl sites for hydroxylation is 1. The summed E-state index contributed by atoms with van der Waals surface area (Å²) in [5.41, 5.74) is 2.33. The highest BCUT2D eigenvalue weighted by Gasteiger charge is 2.19. The van der Waals surface area contributed by atoms with Crippen LogP contribution >= 0.6 is 0 Å². The molecule has 0 spiro atoms. The molecule has 0 saturated heterocycles. The second-order valence-electron chi connectivity index (χ2n) is 5.17. The van der Waals surface area contributed by atoms with Crippen LogP contribution in [0.15, 0.2) is 6.33 Å². The van der Waals surface area contributed by atoms with E-state index in [0.717, 1.165) is 25.2 Å². The highest BCUT2D eigenvalue weighted by atomic mass is 16.5. The lowest BCUT2D eigenvalue weighted by Crippen LogP contribution is -2.32. The Bertz CT molecular complexity index is 390. The Balaban J connectivity index is 2.11. The van der Waals surface area contributed by atoms with Gasteiger partial charge in [-0.2, -0.15) is 0 Å². The van der Waals surface area contributed by atoms with Gasteiger partial charge in [-0.15, -0.1) is 0 Å². The molecule has 1 aliphatic rings. The molecule has 0 bridgehead atoms. The quantitative estimate of drug-likeness (QED) is 0.869. The molecule has 17 heavy (non-hydrogen) atoms. The number of anilines is 1. The van der Waals surface area contributed by atoms with Crippen LogP contribution in [-0.2, 0) is 17.6 Å². The zero-order chi connectivity index (χ0) is 12.3. The van der Waals surface area contributed by atoms with Crippen molar-refractivity contribution in [3.05, 3.63) is 17.6 Å². The van der Waals surface area contributed by atoms with E-state index in [4.69, 9.17) is 4.74 Å². The van der Waals surface area contributed by atoms with Gasteiger partial charge in [-0.1, -0.05) is 0 Å². The minimum absolute atomic E-state index is 0.174. The van der Waals surface area contributed by atoms with Crippen LogP contribution < -0.4 is 5.32 Å². The number of aromatic nitrogens is 2. The highest BCUT2D eigenvalue weighted by molar-refractivity contribution is 5.47. The molecule has 4 nitrogen and oxygen atoms in total. The molecule has 4 heteroatoms. The lowest BCUT2D eigenvalue weighted by Gasteiger charge is -2.25. The first-order valence-electron chi connectivity index (χ1n) is 6.24. The van der Waals surface area contributed by atoms with E-state index in [1.807, 2.05) is 0 Å². The molecule has 0 saturated carbocycles. The summed E-state index contributed by atoms with van der Waals surface area (Å²) in [4.78, 5) is 8.71. The largest absolute Gasteiger partial charge is 0.377 e. The van der Waals surface area contributed by atoms with Crippen LogP contribution in [0.2, 0.25) is 0 Å². The van der Waals surface area contributed by atoms with E-state index in [1.54, 1.807) is 13.4 Å². The van der Waals surface area contributed by atoms with Crippen molar-refractivity contribution >= 4 is 5.82 Å². The fourth-order valence-corrected chi connectivity index (χ4v) is 2.04. The summed E-state index contributed by atoms with van der Waals surface area (Å²) in [6.45, 7) is 4.88. The molecule has 0 radical (unpaired) electrons. The second kappa shape index (κ2) is 5.00. The van der Waals surface area contributed by atoms with Crippen molar-refractivity contribution in [2.45, 2.75) is 45.1 Å². The van der Waals surface area contributed by atoms with Gasteiger partial charge in [0.25, 0.3) is 0 Å². The van der Waals surface area contributed by atoms with Crippen LogP contribution in [-0.4, -0.2) is 29.2 Å². The molecule has 0 atom stereocenters. The van der Waals surface area contributed by atoms with Crippen molar-refractivity contribution in [1.82, 2.24) is 9.97 Å². The van der Waals surface area contributed by atoms with Crippen molar-refractivity contribution < 1.29 is 4.74 Å². The summed E-state index contributed by atoms with van der Waals surface area (Å²) in [6.07, 6.45) is 6.31. The number of methoxy groups -OCH3 is 1. The molecule has 1 aliphatic carbocycles. The van der Waals surface area contributed by atoms with Crippen LogP contribution in [0.25, 0.3) is 0 Å². The first kappa shape index (κ1) is 12.3. The Morgan fingerprint density at radius 1 is 1.29 bits per heavy atom. The van der Waals surface area contributed by atoms with E-state index >= 15 is 0 Å². The average molecular weight is 235 g/mol. The molecule has 0 aromatic carbocycles. The number of fused-ring (bicyclic) bond motifs is 1. The Hall–Kier alpha value is -1.16. The van der Waals surface area contributed by atoms with Crippen molar-refractivity contribution in [2.75, 3.05) is 19.0 Å². The average Bonchev–Trinajstić information content (AvgIpc) is 2.36. The maximum absolute atomic E-state index is 5.40. The molecule has 1 heterocycles. The van der Waals surface area contributed by atoms with Gasteiger partial charge in [-0.25, -0.2) is 9.97 Å². The van der Waals surface area contributed by atoms with Crippen LogP contribution in [0, 0.1) is 0 Å². The van der Waals surface area contributed by atoms with Gasteiger partial charge >= 0.3 is 0 Å². The SMILES string of the molecule is COC(C)(C)CNc1ncnc2c1CCCC2. The second-order valence-corrected chi connectivity index (χ2v) is 5.17. The topological polar surface area (TPSA) is 47.0 Å². The van der Waals surface area contributed by atoms with Gasteiger partial charge in [0.05, 0.1) is 5.60 Å². The molecule has 0 unspecified atom stereocenters. The molecule has 1 aromatic rings. The Morgan fingerprint density at radius 2 is 2.06 bits per heavy atom. The smallest absolute Gasteiger partial charge is 0.132 e. The first-order valence-corrected chi connectivity index (χ1v) is 6.24. The van der Waals surface area contributed by atoms with E-state index in [1.165, 1.54) is 24.1 Å². The van der Waals surface area contributed by atoms with Crippen molar-refractivity contribution in [3.63, 3.8) is 0 Å². The third-order valence-electron chi connectivity index (χ3n) is 3.36.